The molecule has 9 nitrogen and oxygen atoms in total. The summed E-state index contributed by atoms with van der Waals surface area (Å²) < 4.78 is 13.2. The number of carbonyl (C=O) groups excluding carboxylic acids is 1. The minimum absolute atomic E-state index is 0.112. The highest BCUT2D eigenvalue weighted by atomic mass is 35.5. The average Bonchev–Trinajstić information content (AvgIpc) is 3.02. The average molecular weight is 405 g/mol. The van der Waals surface area contributed by atoms with Gasteiger partial charge in [0.25, 0.3) is 0 Å². The predicted molar refractivity (Wildman–Crippen MR) is 103 cm³/mol. The number of nitrogens with one attached hydrogen (secondary N) is 3. The third kappa shape index (κ3) is 4.52. The molecule has 0 aliphatic heterocycles. The summed E-state index contributed by atoms with van der Waals surface area (Å²) in [6.45, 7) is 3.55. The van der Waals surface area contributed by atoms with Gasteiger partial charge in [0.1, 0.15) is 10.8 Å². The van der Waals surface area contributed by atoms with Gasteiger partial charge in [-0.3, -0.25) is 14.9 Å². The van der Waals surface area contributed by atoms with Crippen molar-refractivity contribution in [1.29, 1.82) is 0 Å². The molecule has 1 amide bonds. The fourth-order valence-electron chi connectivity index (χ4n) is 2.61. The van der Waals surface area contributed by atoms with Gasteiger partial charge >= 0.3 is 0 Å². The van der Waals surface area contributed by atoms with Crippen molar-refractivity contribution < 1.29 is 9.18 Å². The van der Waals surface area contributed by atoms with E-state index in [4.69, 9.17) is 17.3 Å². The van der Waals surface area contributed by atoms with Crippen LogP contribution >= 0.6 is 11.6 Å². The summed E-state index contributed by atoms with van der Waals surface area (Å²) in [5, 5.41) is 13.2. The third-order valence-corrected chi connectivity index (χ3v) is 4.18. The molecule has 0 saturated heterocycles. The number of halogens is 2. The Kier molecular flexibility index (Phi) is 5.41. The van der Waals surface area contributed by atoms with Crippen LogP contribution in [0.3, 0.4) is 0 Å². The first-order chi connectivity index (χ1) is 13.2. The van der Waals surface area contributed by atoms with Crippen molar-refractivity contribution in [2.45, 2.75) is 25.8 Å². The number of anilines is 3. The number of pyridine rings is 1. The minimum Gasteiger partial charge on any atom is -0.370 e. The van der Waals surface area contributed by atoms with Crippen LogP contribution in [0.5, 0.6) is 0 Å². The van der Waals surface area contributed by atoms with E-state index in [1.165, 1.54) is 18.3 Å². The first-order valence-electron chi connectivity index (χ1n) is 8.25. The number of hydrogen-bond donors (Lipinski definition) is 4. The van der Waals surface area contributed by atoms with Crippen LogP contribution in [-0.4, -0.2) is 31.1 Å². The second-order valence-corrected chi connectivity index (χ2v) is 6.82. The second kappa shape index (κ2) is 7.77. The molecule has 3 aromatic heterocycles. The van der Waals surface area contributed by atoms with Gasteiger partial charge in [-0.15, -0.1) is 0 Å². The first kappa shape index (κ1) is 19.5. The summed E-state index contributed by atoms with van der Waals surface area (Å²) in [6, 6.07) is 4.50. The summed E-state index contributed by atoms with van der Waals surface area (Å²) in [5.74, 6) is -0.0357. The van der Waals surface area contributed by atoms with Gasteiger partial charge in [-0.25, -0.2) is 9.37 Å². The Labute approximate surface area is 164 Å². The van der Waals surface area contributed by atoms with Crippen molar-refractivity contribution in [3.8, 4) is 0 Å². The van der Waals surface area contributed by atoms with E-state index < -0.39 is 17.3 Å². The standard InChI is InChI=1S/C17H18ClFN8O/c1-9-5-14(27-26-9)23-15-11(18)8-22-16(24-15)25-17(2,6-13(20)28)12-4-3-10(19)7-21-12/h3-5,7-8H,6H2,1-2H3,(H2,20,28)(H3,22,23,24,25,26,27). The number of aryl methyl sites for hydroxylation is 1. The normalized spacial score (nSPS) is 13.0. The lowest BCUT2D eigenvalue weighted by Crippen LogP contribution is -2.38. The molecule has 5 N–H and O–H groups in total. The third-order valence-electron chi connectivity index (χ3n) is 3.90. The van der Waals surface area contributed by atoms with Crippen LogP contribution in [0.15, 0.2) is 30.6 Å². The van der Waals surface area contributed by atoms with Gasteiger partial charge in [0, 0.05) is 11.8 Å². The Bertz CT molecular complexity index is 993. The van der Waals surface area contributed by atoms with E-state index in [9.17, 15) is 9.18 Å². The molecule has 0 spiro atoms. The number of primary amides is 1. The summed E-state index contributed by atoms with van der Waals surface area (Å²) in [5.41, 5.74) is 5.60. The molecule has 0 fully saturated rings. The van der Waals surface area contributed by atoms with Crippen molar-refractivity contribution >= 4 is 35.1 Å². The molecule has 0 radical (unpaired) electrons. The van der Waals surface area contributed by atoms with E-state index in [0.29, 0.717) is 17.3 Å². The molecule has 11 heteroatoms. The maximum Gasteiger partial charge on any atom is 0.225 e. The van der Waals surface area contributed by atoms with Gasteiger partial charge < -0.3 is 16.4 Å². The number of carbonyl (C=O) groups is 1. The molecule has 0 bridgehead atoms. The molecule has 1 atom stereocenters. The van der Waals surface area contributed by atoms with Gasteiger partial charge in [-0.05, 0) is 26.0 Å². The zero-order valence-electron chi connectivity index (χ0n) is 15.1. The fraction of sp³-hybridized carbons (Fsp3) is 0.235. The van der Waals surface area contributed by atoms with E-state index >= 15 is 0 Å². The van der Waals surface area contributed by atoms with Crippen molar-refractivity contribution in [3.05, 3.63) is 52.8 Å². The molecule has 3 rings (SSSR count). The lowest BCUT2D eigenvalue weighted by Gasteiger charge is -2.29. The summed E-state index contributed by atoms with van der Waals surface area (Å²) in [4.78, 5) is 24.1. The molecule has 0 aromatic carbocycles. The zero-order chi connectivity index (χ0) is 20.3. The predicted octanol–water partition coefficient (Wildman–Crippen LogP) is 2.64. The zero-order valence-corrected chi connectivity index (χ0v) is 15.9. The van der Waals surface area contributed by atoms with Crippen molar-refractivity contribution in [1.82, 2.24) is 25.1 Å². The molecule has 0 aliphatic rings. The maximum absolute atomic E-state index is 13.2. The lowest BCUT2D eigenvalue weighted by molar-refractivity contribution is -0.119. The number of nitrogens with two attached hydrogens (primary N) is 1. The molecule has 146 valence electrons. The van der Waals surface area contributed by atoms with E-state index in [-0.39, 0.29) is 17.4 Å². The highest BCUT2D eigenvalue weighted by molar-refractivity contribution is 6.32. The largest absolute Gasteiger partial charge is 0.370 e. The van der Waals surface area contributed by atoms with Gasteiger partial charge in [-0.1, -0.05) is 11.6 Å². The quantitative estimate of drug-likeness (QED) is 0.475. The van der Waals surface area contributed by atoms with Crippen LogP contribution in [0.2, 0.25) is 5.02 Å². The van der Waals surface area contributed by atoms with Gasteiger partial charge in [0.2, 0.25) is 11.9 Å². The van der Waals surface area contributed by atoms with Crippen molar-refractivity contribution in [3.63, 3.8) is 0 Å². The van der Waals surface area contributed by atoms with Crippen LogP contribution in [0, 0.1) is 12.7 Å². The molecule has 1 unspecified atom stereocenters. The number of H-pyrrole nitrogens is 1. The summed E-state index contributed by atoms with van der Waals surface area (Å²) in [7, 11) is 0. The van der Waals surface area contributed by atoms with Crippen LogP contribution in [0.4, 0.5) is 22.0 Å². The Morgan fingerprint density at radius 2 is 2.14 bits per heavy atom. The number of aromatic amines is 1. The topological polar surface area (TPSA) is 134 Å². The van der Waals surface area contributed by atoms with E-state index in [2.05, 4.69) is 35.8 Å². The van der Waals surface area contributed by atoms with E-state index in [1.807, 2.05) is 6.92 Å². The van der Waals surface area contributed by atoms with Gasteiger partial charge in [0.15, 0.2) is 11.6 Å². The van der Waals surface area contributed by atoms with Crippen LogP contribution in [0.25, 0.3) is 0 Å². The SMILES string of the molecule is Cc1cc(Nc2nc(NC(C)(CC(N)=O)c3ccc(F)cn3)ncc2Cl)n[nH]1. The Morgan fingerprint density at radius 1 is 1.36 bits per heavy atom. The Morgan fingerprint density at radius 3 is 2.75 bits per heavy atom. The molecule has 0 aliphatic carbocycles. The summed E-state index contributed by atoms with van der Waals surface area (Å²) >= 11 is 6.16. The number of hydrogen-bond acceptors (Lipinski definition) is 7. The molecule has 3 aromatic rings. The van der Waals surface area contributed by atoms with Gasteiger partial charge in [0.05, 0.1) is 30.0 Å². The molecular formula is C17H18ClFN8O. The van der Waals surface area contributed by atoms with Crippen LogP contribution < -0.4 is 16.4 Å². The highest BCUT2D eigenvalue weighted by Crippen LogP contribution is 2.29. The minimum atomic E-state index is -1.06. The van der Waals surface area contributed by atoms with Crippen LogP contribution in [0.1, 0.15) is 24.7 Å². The number of nitrogens with zero attached hydrogens (tertiary/aromatic N) is 4. The van der Waals surface area contributed by atoms with Gasteiger partial charge in [-0.2, -0.15) is 10.1 Å². The smallest absolute Gasteiger partial charge is 0.225 e. The van der Waals surface area contributed by atoms with Crippen molar-refractivity contribution in [2.24, 2.45) is 5.73 Å². The summed E-state index contributed by atoms with van der Waals surface area (Å²) in [6.07, 6.45) is 2.35. The number of rotatable bonds is 7. The lowest BCUT2D eigenvalue weighted by atomic mass is 9.92. The number of amides is 1. The molecular weight excluding hydrogens is 387 g/mol. The van der Waals surface area contributed by atoms with E-state index in [1.54, 1.807) is 13.0 Å². The highest BCUT2D eigenvalue weighted by Gasteiger charge is 2.31. The second-order valence-electron chi connectivity index (χ2n) is 6.41. The maximum atomic E-state index is 13.2. The molecule has 28 heavy (non-hydrogen) atoms. The van der Waals surface area contributed by atoms with E-state index in [0.717, 1.165) is 11.9 Å². The number of aromatic nitrogens is 5. The van der Waals surface area contributed by atoms with Crippen molar-refractivity contribution in [2.75, 3.05) is 10.6 Å². The van der Waals surface area contributed by atoms with Crippen LogP contribution in [-0.2, 0) is 10.3 Å². The molecule has 3 heterocycles. The monoisotopic (exact) mass is 404 g/mol. The fourth-order valence-corrected chi connectivity index (χ4v) is 2.75. The molecule has 0 saturated carbocycles. The Balaban J connectivity index is 1.91. The first-order valence-corrected chi connectivity index (χ1v) is 8.63. The Hall–Kier alpha value is -3.27.